The molecule has 0 unspecified atom stereocenters. The first-order valence-electron chi connectivity index (χ1n) is 40.3. The first kappa shape index (κ1) is 82.6. The molecule has 5 saturated heterocycles. The van der Waals surface area contributed by atoms with E-state index in [4.69, 9.17) is 80.5 Å². The smallest absolute Gasteiger partial charge is 0.306 e. The number of carbonyl (C=O) groups excluding carboxylic acids is 1. The fraction of sp³-hybridized carbons (Fsp3) is 0.511. The summed E-state index contributed by atoms with van der Waals surface area (Å²) >= 11 is 0. The van der Waals surface area contributed by atoms with Crippen LogP contribution in [0.15, 0.2) is 225 Å². The van der Waals surface area contributed by atoms with Gasteiger partial charge in [0.15, 0.2) is 31.3 Å². The Morgan fingerprint density at radius 1 is 0.345 bits per heavy atom. The summed E-state index contributed by atoms with van der Waals surface area (Å²) in [6.45, 7) is 15.6. The molecule has 21 atom stereocenters. The molecule has 0 saturated carbocycles. The van der Waals surface area contributed by atoms with E-state index in [9.17, 15) is 4.79 Å². The largest absolute Gasteiger partial charge is 0.454 e. The normalized spacial score (nSPS) is 30.8. The van der Waals surface area contributed by atoms with Crippen LogP contribution in [0.25, 0.3) is 0 Å². The molecule has 7 aromatic carbocycles. The van der Waals surface area contributed by atoms with Gasteiger partial charge in [-0.25, -0.2) is 0 Å². The van der Waals surface area contributed by atoms with Crippen molar-refractivity contribution < 1.29 is 85.3 Å². The lowest BCUT2D eigenvalue weighted by atomic mass is 9.95. The van der Waals surface area contributed by atoms with Crippen LogP contribution in [0.2, 0.25) is 0 Å². The van der Waals surface area contributed by atoms with Gasteiger partial charge >= 0.3 is 5.97 Å². The second kappa shape index (κ2) is 44.0. The summed E-state index contributed by atoms with van der Waals surface area (Å²) in [7, 11) is 0. The maximum atomic E-state index is 14.9. The summed E-state index contributed by atoms with van der Waals surface area (Å²) in [6, 6.07) is 70.1. The average molecular weight is 1510 g/mol. The molecule has 12 rings (SSSR count). The molecular weight excluding hydrogens is 1390 g/mol. The monoisotopic (exact) mass is 1510 g/mol. The zero-order valence-corrected chi connectivity index (χ0v) is 64.8. The molecule has 2 bridgehead atoms. The van der Waals surface area contributed by atoms with Crippen LogP contribution in [0.4, 0.5) is 0 Å². The van der Waals surface area contributed by atoms with E-state index in [1.54, 1.807) is 6.08 Å². The fourth-order valence-electron chi connectivity index (χ4n) is 15.4. The van der Waals surface area contributed by atoms with Gasteiger partial charge in [-0.15, -0.1) is 6.58 Å². The minimum Gasteiger partial charge on any atom is -0.454 e. The van der Waals surface area contributed by atoms with Gasteiger partial charge in [0.25, 0.3) is 0 Å². The quantitative estimate of drug-likeness (QED) is 0.0236. The number of hydrogen-bond acceptors (Lipinski definition) is 18. The van der Waals surface area contributed by atoms with E-state index in [0.717, 1.165) is 110 Å². The van der Waals surface area contributed by atoms with Crippen LogP contribution in [-0.2, 0) is 132 Å². The molecule has 0 spiro atoms. The maximum absolute atomic E-state index is 14.9. The Labute approximate surface area is 651 Å². The number of ether oxygens (including phenoxy) is 17. The van der Waals surface area contributed by atoms with Crippen molar-refractivity contribution in [2.75, 3.05) is 6.61 Å². The molecule has 110 heavy (non-hydrogen) atoms. The van der Waals surface area contributed by atoms with Crippen LogP contribution in [-0.4, -0.2) is 142 Å². The molecule has 5 aliphatic heterocycles. The van der Waals surface area contributed by atoms with E-state index in [1.165, 1.54) is 0 Å². The van der Waals surface area contributed by atoms with E-state index in [1.807, 2.05) is 240 Å². The number of esters is 1. The van der Waals surface area contributed by atoms with Gasteiger partial charge in [-0.3, -0.25) is 4.79 Å². The molecule has 5 heterocycles. The van der Waals surface area contributed by atoms with Gasteiger partial charge < -0.3 is 80.5 Å². The van der Waals surface area contributed by atoms with Crippen molar-refractivity contribution >= 4 is 5.97 Å². The number of fused-ring (bicyclic) bond motifs is 4. The van der Waals surface area contributed by atoms with E-state index < -0.39 is 129 Å². The molecule has 0 aliphatic carbocycles. The summed E-state index contributed by atoms with van der Waals surface area (Å²) in [4.78, 5) is 14.9. The SMILES string of the molecule is C=CCO[C@@H]1[C@H]2OC(=O)CCCCCCCCC[C@H](CCCCC)O[C@@H]3O[C@H](C)[C@@H](OCc4ccccc4)[C@H](OCc4ccccc4)[C@H]3O[C@@H]3O[C@H](C)[C@@H](OCc4ccccc4)[C@H](O[C@@H]2O[C@H](C)[C@H]1OCc1ccccc1)[C@H]3O[C@@H]1O[C@@H](C)[C@H](OCc2ccccc2)[C@@H](OCc2ccccc2)[C@H]1OCc1ccccc1. The first-order valence-corrected chi connectivity index (χ1v) is 40.3. The lowest BCUT2D eigenvalue weighted by Gasteiger charge is -2.52. The van der Waals surface area contributed by atoms with Crippen molar-refractivity contribution in [1.82, 2.24) is 0 Å². The van der Waals surface area contributed by atoms with Gasteiger partial charge in [-0.2, -0.15) is 0 Å². The first-order chi connectivity index (χ1) is 54.0. The minimum atomic E-state index is -1.42. The van der Waals surface area contributed by atoms with E-state index >= 15 is 0 Å². The highest BCUT2D eigenvalue weighted by atomic mass is 16.8. The molecule has 5 aliphatic rings. The van der Waals surface area contributed by atoms with Gasteiger partial charge in [0.05, 0.1) is 83.4 Å². The Bertz CT molecular complexity index is 3680. The summed E-state index contributed by atoms with van der Waals surface area (Å²) < 4.78 is 125. The summed E-state index contributed by atoms with van der Waals surface area (Å²) in [5.74, 6) is -0.435. The topological polar surface area (TPSA) is 174 Å². The van der Waals surface area contributed by atoms with Crippen molar-refractivity contribution in [2.45, 2.75) is 293 Å². The highest BCUT2D eigenvalue weighted by Gasteiger charge is 2.59. The molecule has 18 nitrogen and oxygen atoms in total. The molecule has 0 N–H and O–H groups in total. The van der Waals surface area contributed by atoms with Crippen LogP contribution < -0.4 is 0 Å². The van der Waals surface area contributed by atoms with E-state index in [0.29, 0.717) is 6.42 Å². The second-order valence-corrected chi connectivity index (χ2v) is 29.8. The Balaban J connectivity index is 1.03. The number of carbonyl (C=O) groups is 1. The zero-order valence-electron chi connectivity index (χ0n) is 64.8. The third-order valence-corrected chi connectivity index (χ3v) is 21.3. The average Bonchev–Trinajstić information content (AvgIpc) is 0.757. The van der Waals surface area contributed by atoms with Gasteiger partial charge in [0.2, 0.25) is 0 Å². The van der Waals surface area contributed by atoms with Crippen molar-refractivity contribution in [3.63, 3.8) is 0 Å². The van der Waals surface area contributed by atoms with Crippen molar-refractivity contribution in [2.24, 2.45) is 0 Å². The number of benzene rings is 7. The van der Waals surface area contributed by atoms with Crippen LogP contribution in [0.3, 0.4) is 0 Å². The molecule has 5 fully saturated rings. The molecule has 0 radical (unpaired) electrons. The van der Waals surface area contributed by atoms with Crippen LogP contribution in [0.1, 0.15) is 157 Å². The lowest BCUT2D eigenvalue weighted by molar-refractivity contribution is -0.414. The molecular formula is C92H116O18. The summed E-state index contributed by atoms with van der Waals surface area (Å²) in [5, 5.41) is 0. The Morgan fingerprint density at radius 3 is 1.15 bits per heavy atom. The Hall–Kier alpha value is -6.89. The number of rotatable bonds is 30. The lowest BCUT2D eigenvalue weighted by Crippen LogP contribution is -2.68. The summed E-state index contributed by atoms with van der Waals surface area (Å²) in [6.07, 6.45) is -7.28. The Kier molecular flexibility index (Phi) is 33.0. The van der Waals surface area contributed by atoms with Gasteiger partial charge in [0.1, 0.15) is 67.1 Å². The maximum Gasteiger partial charge on any atom is 0.306 e. The van der Waals surface area contributed by atoms with Crippen molar-refractivity contribution in [3.05, 3.63) is 264 Å². The standard InChI is InChI=1S/C92H116O18/c1-7-9-22-53-75-54-37-13-11-10-12-14-38-55-76(93)107-86-82(94-56-8-2)78(96-58-69-41-25-16-26-42-69)65(4)104-91(86)108-84-80(98-60-71-45-29-18-30-46-71)67(6)105-92(109-87-83(100-62-73-49-33-20-34-50-73)79(66(5)103-90(87)106-75)97-59-70-43-27-17-28-44-70)88(84)110-89-85(101-63-74-51-35-21-36-52-74)81(99-61-72-47-31-19-32-48-72)77(64(3)102-89)95-57-68-39-23-15-24-40-68/h8,15-21,23-36,39-52,64-67,75,77-92H,2,7,9-14,22,37-38,53-63H2,1,3-6H3/t64-,65+,66+,67+,75-,77-,78+,79+,80+,81+,82-,83-,84-,85+,86+,87+,88+,89-,90-,91-,92-/m0/s1. The molecule has 0 amide bonds. The zero-order chi connectivity index (χ0) is 76.1. The van der Waals surface area contributed by atoms with Crippen LogP contribution >= 0.6 is 0 Å². The van der Waals surface area contributed by atoms with Crippen LogP contribution in [0.5, 0.6) is 0 Å². The predicted molar refractivity (Wildman–Crippen MR) is 417 cm³/mol. The molecule has 0 aromatic heterocycles. The van der Waals surface area contributed by atoms with Gasteiger partial charge in [-0.1, -0.05) is 283 Å². The third-order valence-electron chi connectivity index (χ3n) is 21.3. The Morgan fingerprint density at radius 2 is 0.700 bits per heavy atom. The minimum absolute atomic E-state index is 0.0849. The predicted octanol–water partition coefficient (Wildman–Crippen LogP) is 17.2. The number of unbranched alkanes of at least 4 members (excludes halogenated alkanes) is 2. The third kappa shape index (κ3) is 24.1. The van der Waals surface area contributed by atoms with E-state index in [-0.39, 0.29) is 65.4 Å². The van der Waals surface area contributed by atoms with Gasteiger partial charge in [-0.05, 0) is 85.9 Å². The molecule has 18 heteroatoms. The van der Waals surface area contributed by atoms with E-state index in [2.05, 4.69) is 13.5 Å². The van der Waals surface area contributed by atoms with Crippen molar-refractivity contribution in [3.8, 4) is 0 Å². The van der Waals surface area contributed by atoms with Gasteiger partial charge in [0, 0.05) is 6.42 Å². The van der Waals surface area contributed by atoms with Crippen LogP contribution in [0, 0.1) is 0 Å². The molecule has 592 valence electrons. The highest BCUT2D eigenvalue weighted by molar-refractivity contribution is 5.69. The second-order valence-electron chi connectivity index (χ2n) is 29.8. The fourth-order valence-corrected chi connectivity index (χ4v) is 15.4. The van der Waals surface area contributed by atoms with Crippen molar-refractivity contribution in [1.29, 1.82) is 0 Å². The molecule has 7 aromatic rings. The number of hydrogen-bond donors (Lipinski definition) is 0. The highest BCUT2D eigenvalue weighted by Crippen LogP contribution is 2.42. The summed E-state index contributed by atoms with van der Waals surface area (Å²) in [5.41, 5.74) is 6.55.